The number of anilines is 1. The van der Waals surface area contributed by atoms with Crippen LogP contribution in [0.25, 0.3) is 11.6 Å². The van der Waals surface area contributed by atoms with Crippen molar-refractivity contribution in [2.45, 2.75) is 65.7 Å². The molecule has 0 aliphatic carbocycles. The van der Waals surface area contributed by atoms with E-state index < -0.39 is 0 Å². The third-order valence-electron chi connectivity index (χ3n) is 6.05. The normalized spacial score (nSPS) is 12.6. The van der Waals surface area contributed by atoms with Crippen LogP contribution in [0.15, 0.2) is 49.6 Å². The number of fused-ring (bicyclic) bond motifs is 1. The highest BCUT2D eigenvalue weighted by molar-refractivity contribution is 6.34. The molecule has 0 atom stereocenters. The largest absolute Gasteiger partial charge is 0.358 e. The average molecular weight is 496 g/mol. The maximum Gasteiger partial charge on any atom is 0.256 e. The van der Waals surface area contributed by atoms with Gasteiger partial charge in [-0.15, -0.1) is 13.2 Å². The van der Waals surface area contributed by atoms with Crippen molar-refractivity contribution >= 4 is 29.2 Å². The number of H-pyrrole nitrogens is 1. The lowest BCUT2D eigenvalue weighted by Gasteiger charge is -2.07. The summed E-state index contributed by atoms with van der Waals surface area (Å²) in [4.78, 5) is 28.5. The first kappa shape index (κ1) is 30.6. The summed E-state index contributed by atoms with van der Waals surface area (Å²) in [5.41, 5.74) is 6.79. The highest BCUT2D eigenvalue weighted by Gasteiger charge is 2.25. The third kappa shape index (κ3) is 8.36. The van der Waals surface area contributed by atoms with Gasteiger partial charge in [0.2, 0.25) is 0 Å². The third-order valence-corrected chi connectivity index (χ3v) is 6.05. The summed E-state index contributed by atoms with van der Waals surface area (Å²) < 4.78 is 9.50. The topological polar surface area (TPSA) is 74.0 Å². The van der Waals surface area contributed by atoms with E-state index in [1.54, 1.807) is 0 Å². The number of nitrogens with one attached hydrogen (secondary N) is 3. The van der Waals surface area contributed by atoms with E-state index in [1.807, 2.05) is 44.2 Å². The Morgan fingerprint density at radius 1 is 1.06 bits per heavy atom. The van der Waals surface area contributed by atoms with Crippen molar-refractivity contribution in [1.82, 2.24) is 10.3 Å². The number of rotatable bonds is 11. The molecule has 0 bridgehead atoms. The molecule has 0 radical (unpaired) electrons. The van der Waals surface area contributed by atoms with Gasteiger partial charge in [-0.05, 0) is 57.2 Å². The van der Waals surface area contributed by atoms with Gasteiger partial charge in [0.1, 0.15) is 0 Å². The van der Waals surface area contributed by atoms with Gasteiger partial charge >= 0.3 is 0 Å². The molecule has 1 aliphatic heterocycles. The summed E-state index contributed by atoms with van der Waals surface area (Å²) in [5, 5.41) is 5.94. The van der Waals surface area contributed by atoms with Crippen molar-refractivity contribution in [3.05, 3.63) is 77.7 Å². The molecule has 1 aliphatic rings. The first-order valence-corrected chi connectivity index (χ1v) is 12.6. The van der Waals surface area contributed by atoms with Gasteiger partial charge in [0.25, 0.3) is 11.8 Å². The lowest BCUT2D eigenvalue weighted by molar-refractivity contribution is -0.110. The number of halogens is 1. The zero-order valence-electron chi connectivity index (χ0n) is 22.4. The molecule has 1 aromatic carbocycles. The highest BCUT2D eigenvalue weighted by Crippen LogP contribution is 2.33. The van der Waals surface area contributed by atoms with Gasteiger partial charge < -0.3 is 15.6 Å². The predicted octanol–water partition coefficient (Wildman–Crippen LogP) is 7.55. The summed E-state index contributed by atoms with van der Waals surface area (Å²) in [6, 6.07) is 7.64. The number of carbonyl (C=O) groups excluding carboxylic acids is 2. The van der Waals surface area contributed by atoms with Gasteiger partial charge in [-0.2, -0.15) is 0 Å². The number of benzene rings is 1. The predicted molar refractivity (Wildman–Crippen MR) is 151 cm³/mol. The molecule has 0 fully saturated rings. The number of unbranched alkanes of at least 4 members (excludes halogenated alkanes) is 3. The number of para-hydroxylation sites is 1. The monoisotopic (exact) mass is 495 g/mol. The number of hydrogen-bond donors (Lipinski definition) is 3. The molecule has 0 saturated heterocycles. The number of allylic oxidation sites excluding steroid dienone is 1. The van der Waals surface area contributed by atoms with E-state index in [-0.39, 0.29) is 11.8 Å². The van der Waals surface area contributed by atoms with E-state index in [2.05, 4.69) is 42.3 Å². The van der Waals surface area contributed by atoms with Gasteiger partial charge in [-0.25, -0.2) is 0 Å². The van der Waals surface area contributed by atoms with E-state index in [1.165, 1.54) is 24.8 Å². The Labute approximate surface area is 216 Å². The molecular weight excluding hydrogens is 453 g/mol. The molecule has 6 heteroatoms. The fraction of sp³-hybridized carbons (Fsp3) is 0.400. The first-order valence-electron chi connectivity index (χ1n) is 12.6. The highest BCUT2D eigenvalue weighted by atomic mass is 19.1. The van der Waals surface area contributed by atoms with Crippen LogP contribution in [0, 0.1) is 13.8 Å². The van der Waals surface area contributed by atoms with Crippen LogP contribution in [-0.4, -0.2) is 30.5 Å². The maximum absolute atomic E-state index is 12.8. The molecule has 0 unspecified atom stereocenters. The van der Waals surface area contributed by atoms with Gasteiger partial charge in [0.05, 0.1) is 18.3 Å². The minimum absolute atomic E-state index is 0.0616. The summed E-state index contributed by atoms with van der Waals surface area (Å²) in [6.07, 6.45) is 9.68. The number of aryl methyl sites for hydroxylation is 1. The molecule has 0 saturated carbocycles. The number of alkyl halides is 1. The fourth-order valence-corrected chi connectivity index (χ4v) is 4.31. The van der Waals surface area contributed by atoms with Crippen LogP contribution in [0.1, 0.15) is 84.7 Å². The second-order valence-corrected chi connectivity index (χ2v) is 8.64. The Bertz CT molecular complexity index is 1050. The zero-order valence-corrected chi connectivity index (χ0v) is 22.4. The number of carbonyl (C=O) groups is 2. The SMILES string of the molecule is C=C.C=C(CCC)CCCCCCNC(=O)c1c(C)[nH]c(/C=C2\C(=O)Nc3ccccc32)c1C.CF. The molecule has 2 heterocycles. The molecule has 2 amide bonds. The maximum atomic E-state index is 12.8. The van der Waals surface area contributed by atoms with Crippen LogP contribution >= 0.6 is 0 Å². The standard InChI is InChI=1S/C27H35N3O2.C2H4.CH3F/c1-5-12-18(2)13-8-6-7-11-16-28-27(32)25-19(3)24(29-20(25)4)17-22-21-14-9-10-15-23(21)30-26(22)31;2*1-2/h9-10,14-15,17,29H,2,5-8,11-13,16H2,1,3-4H3,(H,28,32)(H,30,31);1-2H2;1H3/b22-17-;;. The summed E-state index contributed by atoms with van der Waals surface area (Å²) >= 11 is 0. The minimum atomic E-state index is -0.123. The molecule has 3 N–H and O–H groups in total. The van der Waals surface area contributed by atoms with E-state index in [0.717, 1.165) is 53.9 Å². The lowest BCUT2D eigenvalue weighted by Crippen LogP contribution is -2.25. The minimum Gasteiger partial charge on any atom is -0.358 e. The van der Waals surface area contributed by atoms with Crippen LogP contribution in [0.2, 0.25) is 0 Å². The number of amides is 2. The Kier molecular flexibility index (Phi) is 13.9. The summed E-state index contributed by atoms with van der Waals surface area (Å²) in [7, 11) is 0.500. The van der Waals surface area contributed by atoms with Gasteiger partial charge in [-0.1, -0.05) is 56.5 Å². The van der Waals surface area contributed by atoms with Crippen LogP contribution < -0.4 is 10.6 Å². The van der Waals surface area contributed by atoms with Crippen molar-refractivity contribution in [3.63, 3.8) is 0 Å². The summed E-state index contributed by atoms with van der Waals surface area (Å²) in [6.45, 7) is 16.8. The van der Waals surface area contributed by atoms with Crippen molar-refractivity contribution in [1.29, 1.82) is 0 Å². The molecule has 3 rings (SSSR count). The van der Waals surface area contributed by atoms with Crippen molar-refractivity contribution in [2.75, 3.05) is 19.0 Å². The Morgan fingerprint density at radius 3 is 2.42 bits per heavy atom. The molecular formula is C30H42FN3O2. The smallest absolute Gasteiger partial charge is 0.256 e. The molecule has 0 spiro atoms. The molecule has 5 nitrogen and oxygen atoms in total. The van der Waals surface area contributed by atoms with Crippen molar-refractivity contribution < 1.29 is 14.0 Å². The van der Waals surface area contributed by atoms with Gasteiger partial charge in [0, 0.05) is 29.2 Å². The Hall–Kier alpha value is -3.41. The Balaban J connectivity index is 0.00000154. The molecule has 196 valence electrons. The second kappa shape index (κ2) is 16.3. The number of hydrogen-bond acceptors (Lipinski definition) is 2. The number of aromatic nitrogens is 1. The van der Waals surface area contributed by atoms with E-state index >= 15 is 0 Å². The van der Waals surface area contributed by atoms with Gasteiger partial charge in [-0.3, -0.25) is 14.0 Å². The van der Waals surface area contributed by atoms with E-state index in [0.29, 0.717) is 24.9 Å². The molecule has 1 aromatic heterocycles. The van der Waals surface area contributed by atoms with Crippen LogP contribution in [-0.2, 0) is 4.79 Å². The van der Waals surface area contributed by atoms with Crippen LogP contribution in [0.3, 0.4) is 0 Å². The quantitative estimate of drug-likeness (QED) is 0.171. The molecule has 2 aromatic rings. The second-order valence-electron chi connectivity index (χ2n) is 8.64. The fourth-order valence-electron chi connectivity index (χ4n) is 4.31. The van der Waals surface area contributed by atoms with Gasteiger partial charge in [0.15, 0.2) is 0 Å². The first-order chi connectivity index (χ1) is 17.4. The van der Waals surface area contributed by atoms with E-state index in [9.17, 15) is 14.0 Å². The number of aromatic amines is 1. The van der Waals surface area contributed by atoms with Crippen molar-refractivity contribution in [2.24, 2.45) is 0 Å². The molecule has 36 heavy (non-hydrogen) atoms. The average Bonchev–Trinajstić information content (AvgIpc) is 3.35. The van der Waals surface area contributed by atoms with Crippen LogP contribution in [0.4, 0.5) is 10.1 Å². The van der Waals surface area contributed by atoms with Crippen LogP contribution in [0.5, 0.6) is 0 Å². The summed E-state index contributed by atoms with van der Waals surface area (Å²) in [5.74, 6) is -0.185. The zero-order chi connectivity index (χ0) is 27.1. The van der Waals surface area contributed by atoms with Crippen molar-refractivity contribution in [3.8, 4) is 0 Å². The lowest BCUT2D eigenvalue weighted by atomic mass is 10.0. The van der Waals surface area contributed by atoms with E-state index in [4.69, 9.17) is 0 Å². The Morgan fingerprint density at radius 2 is 1.72 bits per heavy atom.